The van der Waals surface area contributed by atoms with Gasteiger partial charge in [-0.15, -0.1) is 12.4 Å². The Hall–Kier alpha value is 0.130. The van der Waals surface area contributed by atoms with Gasteiger partial charge in [0.05, 0.1) is 7.11 Å². The number of hydrogen-bond acceptors (Lipinski definition) is 4. The smallest absolute Gasteiger partial charge is 0.0569 e. The van der Waals surface area contributed by atoms with E-state index in [9.17, 15) is 0 Å². The highest BCUT2D eigenvalue weighted by Crippen LogP contribution is 1.14. The molecular weight excluding hydrogens is 105 g/mol. The summed E-state index contributed by atoms with van der Waals surface area (Å²) < 4.78 is 0. The van der Waals surface area contributed by atoms with Gasteiger partial charge >= 0.3 is 0 Å². The monoisotopic (exact) mass is 115 g/mol. The molecule has 0 unspecified atom stereocenters. The third-order valence-corrected chi connectivity index (χ3v) is 0. The fourth-order valence-electron chi connectivity index (χ4n) is 0. The van der Waals surface area contributed by atoms with Gasteiger partial charge in [-0.3, -0.25) is 11.7 Å². The van der Waals surface area contributed by atoms with Crippen molar-refractivity contribution in [2.45, 2.75) is 0 Å². The molecule has 0 heterocycles. The van der Waals surface area contributed by atoms with Crippen LogP contribution in [-0.2, 0) is 4.84 Å². The zero-order valence-electron chi connectivity index (χ0n) is 3.55. The molecule has 0 aliphatic heterocycles. The SMILES string of the molecule is CON.Cl.NN. The molecule has 0 atom stereocenters. The number of hydrazine groups is 1. The Morgan fingerprint density at radius 2 is 1.33 bits per heavy atom. The Bertz CT molecular complexity index is 10.8. The van der Waals surface area contributed by atoms with Crippen LogP contribution in [-0.4, -0.2) is 7.11 Å². The number of rotatable bonds is 0. The van der Waals surface area contributed by atoms with Crippen LogP contribution in [0.4, 0.5) is 0 Å². The van der Waals surface area contributed by atoms with Crippen LogP contribution >= 0.6 is 12.4 Å². The molecular formula is CH10ClN3O. The third kappa shape index (κ3) is 2390. The Balaban J connectivity index is -0.0000000275. The summed E-state index contributed by atoms with van der Waals surface area (Å²) in [4.78, 5) is 3.75. The first kappa shape index (κ1) is 16.5. The molecule has 5 heteroatoms. The Morgan fingerprint density at radius 1 is 1.33 bits per heavy atom. The summed E-state index contributed by atoms with van der Waals surface area (Å²) in [6.45, 7) is 0. The first-order valence-corrected chi connectivity index (χ1v) is 0.977. The summed E-state index contributed by atoms with van der Waals surface area (Å²) in [7, 11) is 1.40. The van der Waals surface area contributed by atoms with Crippen molar-refractivity contribution in [1.29, 1.82) is 0 Å². The lowest BCUT2D eigenvalue weighted by atomic mass is 11.7. The molecule has 4 nitrogen and oxygen atoms in total. The van der Waals surface area contributed by atoms with Gasteiger partial charge in [0.15, 0.2) is 0 Å². The Morgan fingerprint density at radius 3 is 1.33 bits per heavy atom. The average Bonchev–Trinajstić information content (AvgIpc) is 1.46. The molecule has 0 fully saturated rings. The molecule has 0 spiro atoms. The number of hydrogen-bond donors (Lipinski definition) is 3. The Labute approximate surface area is 43.0 Å². The second-order valence-corrected chi connectivity index (χ2v) is 0.236. The quantitative estimate of drug-likeness (QED) is 0.272. The normalized spacial score (nSPS) is 4.00. The molecule has 42 valence electrons. The summed E-state index contributed by atoms with van der Waals surface area (Å²) in [6.07, 6.45) is 0. The first-order chi connectivity index (χ1) is 2.41. The minimum Gasteiger partial charge on any atom is -0.308 e. The average molecular weight is 116 g/mol. The van der Waals surface area contributed by atoms with Crippen LogP contribution in [0.5, 0.6) is 0 Å². The van der Waals surface area contributed by atoms with Gasteiger partial charge in [0.25, 0.3) is 0 Å². The molecule has 6 N–H and O–H groups in total. The number of nitrogens with two attached hydrogens (primary N) is 3. The van der Waals surface area contributed by atoms with Crippen molar-refractivity contribution in [3.8, 4) is 0 Å². The summed E-state index contributed by atoms with van der Waals surface area (Å²) in [6, 6.07) is 0. The van der Waals surface area contributed by atoms with Gasteiger partial charge in [0, 0.05) is 0 Å². The lowest BCUT2D eigenvalue weighted by Crippen LogP contribution is -2.02. The predicted octanol–water partition coefficient (Wildman–Crippen LogP) is -1.25. The second kappa shape index (κ2) is 68.5. The van der Waals surface area contributed by atoms with Gasteiger partial charge in [0.1, 0.15) is 0 Å². The molecule has 0 radical (unpaired) electrons. The zero-order valence-corrected chi connectivity index (χ0v) is 4.37. The first-order valence-electron chi connectivity index (χ1n) is 0.977. The van der Waals surface area contributed by atoms with E-state index in [1.165, 1.54) is 7.11 Å². The van der Waals surface area contributed by atoms with E-state index in [2.05, 4.69) is 22.4 Å². The van der Waals surface area contributed by atoms with Gasteiger partial charge in [-0.25, -0.2) is 5.90 Å². The largest absolute Gasteiger partial charge is 0.308 e. The van der Waals surface area contributed by atoms with Crippen molar-refractivity contribution < 1.29 is 4.84 Å². The van der Waals surface area contributed by atoms with E-state index in [0.717, 1.165) is 0 Å². The lowest BCUT2D eigenvalue weighted by molar-refractivity contribution is 0.206. The minimum absolute atomic E-state index is 0. The molecule has 0 amide bonds. The van der Waals surface area contributed by atoms with Crippen molar-refractivity contribution in [1.82, 2.24) is 0 Å². The van der Waals surface area contributed by atoms with Crippen LogP contribution in [0.2, 0.25) is 0 Å². The third-order valence-electron chi connectivity index (χ3n) is 0. The minimum atomic E-state index is 0. The molecule has 0 aromatic carbocycles. The van der Waals surface area contributed by atoms with Crippen LogP contribution in [0.1, 0.15) is 0 Å². The van der Waals surface area contributed by atoms with E-state index in [4.69, 9.17) is 0 Å². The standard InChI is InChI=1S/CH5NO.ClH.H4N2/c1-3-2;;1-2/h2H2,1H3;1H;1-2H2. The van der Waals surface area contributed by atoms with Crippen molar-refractivity contribution in [2.75, 3.05) is 7.11 Å². The topological polar surface area (TPSA) is 87.3 Å². The summed E-state index contributed by atoms with van der Waals surface area (Å²) >= 11 is 0. The maximum absolute atomic E-state index is 4.35. The summed E-state index contributed by atoms with van der Waals surface area (Å²) in [5.41, 5.74) is 0. The lowest BCUT2D eigenvalue weighted by Gasteiger charge is -1.62. The van der Waals surface area contributed by atoms with Crippen LogP contribution < -0.4 is 17.6 Å². The molecule has 6 heavy (non-hydrogen) atoms. The highest BCUT2D eigenvalue weighted by atomic mass is 35.5. The Kier molecular flexibility index (Phi) is 188. The molecule has 0 aromatic heterocycles. The second-order valence-electron chi connectivity index (χ2n) is 0.236. The summed E-state index contributed by atoms with van der Waals surface area (Å²) in [5.74, 6) is 12.3. The molecule has 0 bridgehead atoms. The van der Waals surface area contributed by atoms with E-state index in [-0.39, 0.29) is 12.4 Å². The van der Waals surface area contributed by atoms with Crippen LogP contribution in [0.3, 0.4) is 0 Å². The highest BCUT2D eigenvalue weighted by Gasteiger charge is 1.23. The fraction of sp³-hybridized carbons (Fsp3) is 1.00. The van der Waals surface area contributed by atoms with Crippen molar-refractivity contribution in [3.63, 3.8) is 0 Å². The van der Waals surface area contributed by atoms with Gasteiger partial charge in [-0.05, 0) is 0 Å². The molecule has 0 aliphatic rings. The molecule has 0 saturated heterocycles. The fourth-order valence-corrected chi connectivity index (χ4v) is 0. The molecule has 0 rings (SSSR count). The zero-order chi connectivity index (χ0) is 4.71. The van der Waals surface area contributed by atoms with Gasteiger partial charge in [-0.2, -0.15) is 0 Å². The van der Waals surface area contributed by atoms with E-state index >= 15 is 0 Å². The molecule has 0 aliphatic carbocycles. The van der Waals surface area contributed by atoms with Crippen LogP contribution in [0, 0.1) is 0 Å². The van der Waals surface area contributed by atoms with E-state index in [1.807, 2.05) is 0 Å². The van der Waals surface area contributed by atoms with Crippen molar-refractivity contribution >= 4 is 12.4 Å². The summed E-state index contributed by atoms with van der Waals surface area (Å²) in [5, 5.41) is 0. The van der Waals surface area contributed by atoms with Crippen LogP contribution in [0.25, 0.3) is 0 Å². The van der Waals surface area contributed by atoms with Gasteiger partial charge in [-0.1, -0.05) is 0 Å². The predicted molar refractivity (Wildman–Crippen MR) is 26.8 cm³/mol. The van der Waals surface area contributed by atoms with Crippen molar-refractivity contribution in [3.05, 3.63) is 0 Å². The maximum Gasteiger partial charge on any atom is 0.0569 e. The number of halogens is 1. The van der Waals surface area contributed by atoms with Crippen LogP contribution in [0.15, 0.2) is 0 Å². The highest BCUT2D eigenvalue weighted by molar-refractivity contribution is 5.85. The van der Waals surface area contributed by atoms with E-state index in [0.29, 0.717) is 0 Å². The van der Waals surface area contributed by atoms with Gasteiger partial charge in [0.2, 0.25) is 0 Å². The van der Waals surface area contributed by atoms with Gasteiger partial charge < -0.3 is 4.84 Å². The van der Waals surface area contributed by atoms with Crippen molar-refractivity contribution in [2.24, 2.45) is 17.6 Å². The van der Waals surface area contributed by atoms with E-state index in [1.54, 1.807) is 0 Å². The maximum atomic E-state index is 4.35. The molecule has 0 saturated carbocycles. The van der Waals surface area contributed by atoms with E-state index < -0.39 is 0 Å². The molecule has 0 aromatic rings.